The van der Waals surface area contributed by atoms with Gasteiger partial charge in [0.2, 0.25) is 23.8 Å². The standard InChI is InChI=1S/C30H24FN5.C26H21F2N5.C25H29FN6.C24H24FN5/c1-2-20-15-17-36-27(18-20)35-28(22-10-12-24(31)13-11-22)29(36)26-14-16-32-30(34-26)33-19-23-8-5-7-21-6-3-4-9-25(21)23;1-2-17-12-14-33-23(15-17)32-24(18-7-9-20(27)10-8-18)25(33)22-11-13-29-26(31-22)30-16-19-5-3-4-6-21(19)28;1-17(2)9-12-27-25-28-13-10-21(29-25)24-23(19-5-7-20(26)8-6-19)30-22-15-18(16-31(3)4)11-14-32(22)24;1-2-16-12-14-30-21(15-16)29-22(17-7-9-18(25)10-8-17)23(30)20-11-13-26-24(28-20)27-19-5-3-4-6-19/h3-18H,2,19H2,1H3,(H,32,33,34);3-15H,2,16H2,1H3,(H,29,30,31);5-8,10-11,13-15,17H,9,12,16H2,1-4H3,(H,27,28,29);7-15,19H,2-6H2,1H3,(H,26,27,28). The topological polar surface area (TPSA) is 224 Å². The third kappa shape index (κ3) is 20.6. The third-order valence-corrected chi connectivity index (χ3v) is 23.0. The summed E-state index contributed by atoms with van der Waals surface area (Å²) in [5.74, 6) is 1.34. The lowest BCUT2D eigenvalue weighted by Gasteiger charge is -2.12. The molecular formula is C105H98F5N21. The number of hydrogen-bond donors (Lipinski definition) is 4. The van der Waals surface area contributed by atoms with E-state index in [1.807, 2.05) is 88.5 Å². The molecule has 131 heavy (non-hydrogen) atoms. The Morgan fingerprint density at radius 2 is 0.710 bits per heavy atom. The highest BCUT2D eigenvalue weighted by Gasteiger charge is 2.25. The number of aromatic nitrogens is 16. The minimum absolute atomic E-state index is 0.258. The Balaban J connectivity index is 0.000000122. The first-order chi connectivity index (χ1) is 63.9. The normalized spacial score (nSPS) is 12.0. The largest absolute Gasteiger partial charge is 0.354 e. The molecule has 1 aliphatic rings. The molecule has 1 saturated carbocycles. The van der Waals surface area contributed by atoms with Crippen molar-refractivity contribution in [3.8, 4) is 90.6 Å². The molecule has 0 amide bonds. The van der Waals surface area contributed by atoms with Gasteiger partial charge in [-0.1, -0.05) is 108 Å². The molecule has 0 saturated heterocycles. The second-order valence-corrected chi connectivity index (χ2v) is 32.8. The minimum Gasteiger partial charge on any atom is -0.354 e. The summed E-state index contributed by atoms with van der Waals surface area (Å²) < 4.78 is 76.4. The highest BCUT2D eigenvalue weighted by atomic mass is 19.1. The number of nitrogens with zero attached hydrogens (tertiary/aromatic N) is 17. The number of benzene rings is 7. The van der Waals surface area contributed by atoms with Crippen LogP contribution in [0, 0.1) is 35.0 Å². The molecule has 0 radical (unpaired) electrons. The summed E-state index contributed by atoms with van der Waals surface area (Å²) in [7, 11) is 4.08. The first-order valence-corrected chi connectivity index (χ1v) is 44.2. The van der Waals surface area contributed by atoms with Gasteiger partial charge in [0.15, 0.2) is 0 Å². The van der Waals surface area contributed by atoms with Crippen molar-refractivity contribution >= 4 is 57.2 Å². The zero-order valence-corrected chi connectivity index (χ0v) is 73.8. The van der Waals surface area contributed by atoms with Crippen molar-refractivity contribution in [3.63, 3.8) is 0 Å². The van der Waals surface area contributed by atoms with E-state index in [4.69, 9.17) is 34.9 Å². The smallest absolute Gasteiger partial charge is 0.223 e. The molecule has 0 aliphatic heterocycles. The number of imidazole rings is 4. The zero-order chi connectivity index (χ0) is 90.4. The van der Waals surface area contributed by atoms with Crippen molar-refractivity contribution in [1.29, 1.82) is 0 Å². The van der Waals surface area contributed by atoms with Gasteiger partial charge < -0.3 is 26.2 Å². The van der Waals surface area contributed by atoms with Crippen LogP contribution in [-0.4, -0.2) is 109 Å². The van der Waals surface area contributed by atoms with E-state index >= 15 is 0 Å². The lowest BCUT2D eigenvalue weighted by atomic mass is 10.0. The number of nitrogens with one attached hydrogen (secondary N) is 4. The number of halogens is 5. The van der Waals surface area contributed by atoms with Crippen LogP contribution in [-0.2, 0) is 38.9 Å². The Labute approximate surface area is 755 Å². The van der Waals surface area contributed by atoms with E-state index in [0.29, 0.717) is 59.2 Å². The second kappa shape index (κ2) is 40.3. The average Bonchev–Trinajstić information content (AvgIpc) is 1.63. The molecule has 0 atom stereocenters. The molecule has 0 unspecified atom stereocenters. The van der Waals surface area contributed by atoms with Gasteiger partial charge in [-0.15, -0.1) is 0 Å². The average molecular weight is 1750 g/mol. The number of fused-ring (bicyclic) bond motifs is 5. The fourth-order valence-electron chi connectivity index (χ4n) is 16.1. The van der Waals surface area contributed by atoms with E-state index in [1.54, 1.807) is 97.6 Å². The number of hydrogen-bond acceptors (Lipinski definition) is 17. The van der Waals surface area contributed by atoms with Crippen LogP contribution >= 0.6 is 0 Å². The Bertz CT molecular complexity index is 7180. The molecule has 0 spiro atoms. The Kier molecular flexibility index (Phi) is 27.0. The molecule has 1 aliphatic carbocycles. The highest BCUT2D eigenvalue weighted by molar-refractivity contribution is 5.87. The van der Waals surface area contributed by atoms with Crippen molar-refractivity contribution in [2.75, 3.05) is 41.9 Å². The lowest BCUT2D eigenvalue weighted by Crippen LogP contribution is -2.16. The fourth-order valence-corrected chi connectivity index (χ4v) is 16.1. The molecule has 21 nitrogen and oxygen atoms in total. The first-order valence-electron chi connectivity index (χ1n) is 44.2. The second-order valence-electron chi connectivity index (χ2n) is 32.8. The number of rotatable bonds is 25. The van der Waals surface area contributed by atoms with Crippen LogP contribution < -0.4 is 21.3 Å². The first kappa shape index (κ1) is 87.7. The SMILES string of the molecule is CC(C)CCNc1nccc(-c2c(-c3ccc(F)cc3)nc3cc(CN(C)C)ccn23)n1.CCc1ccn2c(-c3ccnc(NC4CCCC4)n3)c(-c3ccc(F)cc3)nc2c1.CCc1ccn2c(-c3ccnc(NCc4cccc5ccccc45)n3)c(-c3ccc(F)cc3)nc2c1.CCc1ccn2c(-c3ccnc(NCc4ccccc4F)n3)c(-c3ccc(F)cc3)nc2c1. The molecule has 12 heterocycles. The van der Waals surface area contributed by atoms with E-state index in [-0.39, 0.29) is 35.6 Å². The monoisotopic (exact) mass is 1750 g/mol. The maximum absolute atomic E-state index is 14.0. The van der Waals surface area contributed by atoms with Gasteiger partial charge in [-0.2, -0.15) is 0 Å². The molecule has 26 heteroatoms. The Hall–Kier alpha value is -15.3. The van der Waals surface area contributed by atoms with Gasteiger partial charge in [-0.05, 0) is 273 Å². The fraction of sp³-hybridized carbons (Fsp3) is 0.200. The van der Waals surface area contributed by atoms with Crippen LogP contribution in [0.3, 0.4) is 0 Å². The van der Waals surface area contributed by atoms with Crippen LogP contribution in [0.25, 0.3) is 124 Å². The summed E-state index contributed by atoms with van der Waals surface area (Å²) in [4.78, 5) is 58.4. The van der Waals surface area contributed by atoms with Gasteiger partial charge in [0.05, 0.1) is 68.3 Å². The summed E-state index contributed by atoms with van der Waals surface area (Å²) in [5.41, 5.74) is 22.4. The molecule has 4 N–H and O–H groups in total. The zero-order valence-electron chi connectivity index (χ0n) is 73.8. The van der Waals surface area contributed by atoms with E-state index in [2.05, 4.69) is 163 Å². The Morgan fingerprint density at radius 3 is 1.11 bits per heavy atom. The van der Waals surface area contributed by atoms with E-state index in [9.17, 15) is 22.0 Å². The maximum Gasteiger partial charge on any atom is 0.223 e. The number of aryl methyl sites for hydroxylation is 3. The molecule has 0 bridgehead atoms. The summed E-state index contributed by atoms with van der Waals surface area (Å²) in [5, 5.41) is 15.7. The van der Waals surface area contributed by atoms with E-state index < -0.39 is 0 Å². The van der Waals surface area contributed by atoms with Gasteiger partial charge in [0.25, 0.3) is 0 Å². The molecular weight excluding hydrogens is 1650 g/mol. The minimum atomic E-state index is -0.306. The van der Waals surface area contributed by atoms with Crippen LogP contribution in [0.5, 0.6) is 0 Å². The molecule has 7 aromatic carbocycles. The summed E-state index contributed by atoms with van der Waals surface area (Å²) >= 11 is 0. The summed E-state index contributed by atoms with van der Waals surface area (Å²) in [6.07, 6.45) is 23.6. The number of anilines is 4. The highest BCUT2D eigenvalue weighted by Crippen LogP contribution is 2.39. The van der Waals surface area contributed by atoms with Crippen molar-refractivity contribution in [1.82, 2.24) is 82.3 Å². The van der Waals surface area contributed by atoms with Gasteiger partial charge in [-0.25, -0.2) is 81.8 Å². The van der Waals surface area contributed by atoms with Crippen LogP contribution in [0.2, 0.25) is 0 Å². The van der Waals surface area contributed by atoms with Crippen molar-refractivity contribution in [3.05, 3.63) is 349 Å². The van der Waals surface area contributed by atoms with Crippen LogP contribution in [0.1, 0.15) is 100 Å². The predicted molar refractivity (Wildman–Crippen MR) is 511 cm³/mol. The van der Waals surface area contributed by atoms with Gasteiger partial charge in [-0.3, -0.25) is 17.6 Å². The molecule has 20 rings (SSSR count). The Morgan fingerprint density at radius 1 is 0.366 bits per heavy atom. The molecule has 19 aromatic rings. The van der Waals surface area contributed by atoms with Crippen molar-refractivity contribution in [2.24, 2.45) is 5.92 Å². The summed E-state index contributed by atoms with van der Waals surface area (Å²) in [6, 6.07) is 71.3. The quantitative estimate of drug-likeness (QED) is 0.0390. The maximum atomic E-state index is 14.0. The lowest BCUT2D eigenvalue weighted by molar-refractivity contribution is 0.402. The van der Waals surface area contributed by atoms with E-state index in [1.165, 1.54) is 106 Å². The van der Waals surface area contributed by atoms with Crippen LogP contribution in [0.4, 0.5) is 45.7 Å². The van der Waals surface area contributed by atoms with Crippen molar-refractivity contribution < 1.29 is 22.0 Å². The molecule has 1 fully saturated rings. The van der Waals surface area contributed by atoms with Gasteiger partial charge >= 0.3 is 0 Å². The molecule has 658 valence electrons. The summed E-state index contributed by atoms with van der Waals surface area (Å²) in [6.45, 7) is 13.2. The number of pyridine rings is 4. The van der Waals surface area contributed by atoms with Crippen LogP contribution in [0.15, 0.2) is 286 Å². The predicted octanol–water partition coefficient (Wildman–Crippen LogP) is 23.5. The van der Waals surface area contributed by atoms with E-state index in [0.717, 1.165) is 153 Å². The third-order valence-electron chi connectivity index (χ3n) is 23.0. The van der Waals surface area contributed by atoms with Gasteiger partial charge in [0, 0.05) is 110 Å². The molecule has 12 aromatic heterocycles. The van der Waals surface area contributed by atoms with Crippen molar-refractivity contribution in [2.45, 2.75) is 112 Å². The van der Waals surface area contributed by atoms with Gasteiger partial charge in [0.1, 0.15) is 51.7 Å².